The Morgan fingerprint density at radius 2 is 2.15 bits per heavy atom. The summed E-state index contributed by atoms with van der Waals surface area (Å²) in [6.45, 7) is 2.87. The molecular formula is C10H10ClNO. The number of nitrogens with zero attached hydrogens (tertiary/aromatic N) is 1. The Morgan fingerprint density at radius 1 is 1.54 bits per heavy atom. The van der Waals surface area contributed by atoms with Crippen LogP contribution in [0.15, 0.2) is 24.3 Å². The zero-order valence-corrected chi connectivity index (χ0v) is 8.08. The van der Waals surface area contributed by atoms with Gasteiger partial charge in [0.1, 0.15) is 0 Å². The predicted octanol–water partition coefficient (Wildman–Crippen LogP) is 2.18. The molecule has 2 rings (SSSR count). The van der Waals surface area contributed by atoms with E-state index in [9.17, 15) is 4.79 Å². The van der Waals surface area contributed by atoms with E-state index in [2.05, 4.69) is 0 Å². The SMILES string of the molecule is CC1CN1C(=O)c1ccccc1Cl. The largest absolute Gasteiger partial charge is 0.332 e. The van der Waals surface area contributed by atoms with Crippen molar-refractivity contribution in [3.63, 3.8) is 0 Å². The third-order valence-corrected chi connectivity index (χ3v) is 2.55. The number of hydrogen-bond acceptors (Lipinski definition) is 1. The summed E-state index contributed by atoms with van der Waals surface area (Å²) in [6.07, 6.45) is 0. The van der Waals surface area contributed by atoms with E-state index in [0.717, 1.165) is 6.54 Å². The number of carbonyl (C=O) groups is 1. The Labute approximate surface area is 82.1 Å². The second-order valence-corrected chi connectivity index (χ2v) is 3.69. The van der Waals surface area contributed by atoms with Gasteiger partial charge < -0.3 is 4.90 Å². The highest BCUT2D eigenvalue weighted by Crippen LogP contribution is 2.24. The van der Waals surface area contributed by atoms with Crippen LogP contribution in [-0.4, -0.2) is 23.4 Å². The van der Waals surface area contributed by atoms with E-state index < -0.39 is 0 Å². The molecule has 0 aromatic heterocycles. The molecular weight excluding hydrogens is 186 g/mol. The third-order valence-electron chi connectivity index (χ3n) is 2.22. The smallest absolute Gasteiger partial charge is 0.255 e. The minimum absolute atomic E-state index is 0.0399. The molecule has 0 aliphatic carbocycles. The minimum atomic E-state index is 0.0399. The van der Waals surface area contributed by atoms with Gasteiger partial charge in [0.25, 0.3) is 5.91 Å². The van der Waals surface area contributed by atoms with Gasteiger partial charge in [-0.1, -0.05) is 23.7 Å². The summed E-state index contributed by atoms with van der Waals surface area (Å²) in [5.41, 5.74) is 0.605. The summed E-state index contributed by atoms with van der Waals surface area (Å²) in [7, 11) is 0. The third kappa shape index (κ3) is 1.54. The van der Waals surface area contributed by atoms with Gasteiger partial charge in [-0.2, -0.15) is 0 Å². The molecule has 1 heterocycles. The van der Waals surface area contributed by atoms with Crippen LogP contribution in [0.2, 0.25) is 5.02 Å². The second kappa shape index (κ2) is 3.04. The van der Waals surface area contributed by atoms with Gasteiger partial charge in [0, 0.05) is 12.6 Å². The lowest BCUT2D eigenvalue weighted by molar-refractivity contribution is 0.0876. The topological polar surface area (TPSA) is 20.1 Å². The lowest BCUT2D eigenvalue weighted by Gasteiger charge is -2.03. The first-order valence-electron chi connectivity index (χ1n) is 4.25. The van der Waals surface area contributed by atoms with E-state index in [1.54, 1.807) is 17.0 Å². The highest BCUT2D eigenvalue weighted by Gasteiger charge is 2.35. The molecule has 3 heteroatoms. The van der Waals surface area contributed by atoms with E-state index in [-0.39, 0.29) is 5.91 Å². The van der Waals surface area contributed by atoms with Crippen LogP contribution >= 0.6 is 11.6 Å². The summed E-state index contributed by atoms with van der Waals surface area (Å²) in [5.74, 6) is 0.0399. The molecule has 1 atom stereocenters. The maximum atomic E-state index is 11.7. The fourth-order valence-electron chi connectivity index (χ4n) is 1.31. The van der Waals surface area contributed by atoms with Crippen LogP contribution in [0, 0.1) is 0 Å². The lowest BCUT2D eigenvalue weighted by atomic mass is 10.2. The molecule has 1 aliphatic heterocycles. The number of halogens is 1. The van der Waals surface area contributed by atoms with Crippen LogP contribution in [0.4, 0.5) is 0 Å². The Hall–Kier alpha value is -1.02. The molecule has 0 bridgehead atoms. The van der Waals surface area contributed by atoms with Crippen molar-refractivity contribution >= 4 is 17.5 Å². The molecule has 1 unspecified atom stereocenters. The van der Waals surface area contributed by atoms with E-state index in [1.165, 1.54) is 0 Å². The molecule has 1 amide bonds. The highest BCUT2D eigenvalue weighted by molar-refractivity contribution is 6.33. The van der Waals surface area contributed by atoms with Gasteiger partial charge in [0.05, 0.1) is 10.6 Å². The fraction of sp³-hybridized carbons (Fsp3) is 0.300. The number of carbonyl (C=O) groups excluding carboxylic acids is 1. The van der Waals surface area contributed by atoms with Gasteiger partial charge in [-0.3, -0.25) is 4.79 Å². The van der Waals surface area contributed by atoms with Crippen LogP contribution in [0.5, 0.6) is 0 Å². The quantitative estimate of drug-likeness (QED) is 0.629. The second-order valence-electron chi connectivity index (χ2n) is 3.29. The average Bonchev–Trinajstić information content (AvgIpc) is 2.82. The van der Waals surface area contributed by atoms with Crippen molar-refractivity contribution in [3.8, 4) is 0 Å². The van der Waals surface area contributed by atoms with Crippen molar-refractivity contribution in [3.05, 3.63) is 34.9 Å². The van der Waals surface area contributed by atoms with Gasteiger partial charge >= 0.3 is 0 Å². The maximum Gasteiger partial charge on any atom is 0.255 e. The molecule has 13 heavy (non-hydrogen) atoms. The lowest BCUT2D eigenvalue weighted by Crippen LogP contribution is -2.12. The number of amides is 1. The van der Waals surface area contributed by atoms with E-state index in [1.807, 2.05) is 19.1 Å². The molecule has 1 aliphatic rings. The van der Waals surface area contributed by atoms with Crippen LogP contribution < -0.4 is 0 Å². The van der Waals surface area contributed by atoms with Crippen LogP contribution in [0.1, 0.15) is 17.3 Å². The van der Waals surface area contributed by atoms with Crippen molar-refractivity contribution in [1.82, 2.24) is 4.90 Å². The van der Waals surface area contributed by atoms with Crippen molar-refractivity contribution in [2.24, 2.45) is 0 Å². The highest BCUT2D eigenvalue weighted by atomic mass is 35.5. The number of hydrogen-bond donors (Lipinski definition) is 0. The molecule has 0 radical (unpaired) electrons. The minimum Gasteiger partial charge on any atom is -0.332 e. The molecule has 1 saturated heterocycles. The summed E-state index contributed by atoms with van der Waals surface area (Å²) in [4.78, 5) is 13.5. The molecule has 1 fully saturated rings. The fourth-order valence-corrected chi connectivity index (χ4v) is 1.53. The Balaban J connectivity index is 2.25. The first kappa shape index (κ1) is 8.57. The normalized spacial score (nSPS) is 20.2. The molecule has 0 spiro atoms. The molecule has 1 aromatic rings. The Morgan fingerprint density at radius 3 is 2.69 bits per heavy atom. The van der Waals surface area contributed by atoms with Gasteiger partial charge in [-0.25, -0.2) is 0 Å². The predicted molar refractivity (Wildman–Crippen MR) is 52.0 cm³/mol. The number of benzene rings is 1. The van der Waals surface area contributed by atoms with Gasteiger partial charge in [-0.15, -0.1) is 0 Å². The van der Waals surface area contributed by atoms with Gasteiger partial charge in [0.2, 0.25) is 0 Å². The average molecular weight is 196 g/mol. The zero-order chi connectivity index (χ0) is 9.42. The molecule has 68 valence electrons. The van der Waals surface area contributed by atoms with E-state index >= 15 is 0 Å². The molecule has 0 saturated carbocycles. The van der Waals surface area contributed by atoms with Crippen LogP contribution in [-0.2, 0) is 0 Å². The number of rotatable bonds is 1. The van der Waals surface area contributed by atoms with Crippen molar-refractivity contribution in [2.45, 2.75) is 13.0 Å². The molecule has 0 N–H and O–H groups in total. The Kier molecular flexibility index (Phi) is 2.00. The van der Waals surface area contributed by atoms with Gasteiger partial charge in [-0.05, 0) is 19.1 Å². The first-order chi connectivity index (χ1) is 6.20. The van der Waals surface area contributed by atoms with Crippen molar-refractivity contribution in [1.29, 1.82) is 0 Å². The van der Waals surface area contributed by atoms with Crippen molar-refractivity contribution < 1.29 is 4.79 Å². The monoisotopic (exact) mass is 195 g/mol. The van der Waals surface area contributed by atoms with E-state index in [4.69, 9.17) is 11.6 Å². The van der Waals surface area contributed by atoms with Crippen molar-refractivity contribution in [2.75, 3.05) is 6.54 Å². The van der Waals surface area contributed by atoms with E-state index in [0.29, 0.717) is 16.6 Å². The molecule has 1 aromatic carbocycles. The maximum absolute atomic E-state index is 11.7. The van der Waals surface area contributed by atoms with Crippen LogP contribution in [0.3, 0.4) is 0 Å². The summed E-state index contributed by atoms with van der Waals surface area (Å²) in [6, 6.07) is 7.53. The molecule has 2 nitrogen and oxygen atoms in total. The standard InChI is InChI=1S/C10H10ClNO/c1-7-6-12(7)10(13)8-4-2-3-5-9(8)11/h2-5,7H,6H2,1H3. The summed E-state index contributed by atoms with van der Waals surface area (Å²) >= 11 is 5.89. The first-order valence-corrected chi connectivity index (χ1v) is 4.63. The Bertz CT molecular complexity index is 351. The van der Waals surface area contributed by atoms with Gasteiger partial charge in [0.15, 0.2) is 0 Å². The zero-order valence-electron chi connectivity index (χ0n) is 7.33. The van der Waals surface area contributed by atoms with Crippen LogP contribution in [0.25, 0.3) is 0 Å². The summed E-state index contributed by atoms with van der Waals surface area (Å²) < 4.78 is 0. The summed E-state index contributed by atoms with van der Waals surface area (Å²) in [5, 5.41) is 0.534.